The van der Waals surface area contributed by atoms with E-state index in [1.807, 2.05) is 0 Å². The van der Waals surface area contributed by atoms with Gasteiger partial charge in [-0.05, 0) is 17.7 Å². The van der Waals surface area contributed by atoms with Crippen molar-refractivity contribution in [3.8, 4) is 0 Å². The number of nitrogens with zero attached hydrogens (tertiary/aromatic N) is 1. The number of carbonyl (C=O) groups excluding carboxylic acids is 3. The minimum absolute atomic E-state index is 0.0146. The molecule has 22 heavy (non-hydrogen) atoms. The Bertz CT molecular complexity index is 729. The van der Waals surface area contributed by atoms with E-state index in [-0.39, 0.29) is 36.9 Å². The lowest BCUT2D eigenvalue weighted by Crippen LogP contribution is -2.34. The molecule has 0 fully saturated rings. The topological polar surface area (TPSA) is 98.7 Å². The Morgan fingerprint density at radius 1 is 1.32 bits per heavy atom. The maximum absolute atomic E-state index is 14.0. The molecule has 0 bridgehead atoms. The van der Waals surface area contributed by atoms with Crippen LogP contribution < -0.4 is 10.6 Å². The second-order valence-corrected chi connectivity index (χ2v) is 4.92. The number of β-amino-alcohol motifs (C(OH)–C–C–N with tert-alkyl or cyclic N) is 1. The molecule has 2 aliphatic heterocycles. The molecule has 7 nitrogen and oxygen atoms in total. The fourth-order valence-electron chi connectivity index (χ4n) is 2.40. The zero-order valence-corrected chi connectivity index (χ0v) is 11.4. The maximum atomic E-state index is 14.0. The Balaban J connectivity index is 1.84. The van der Waals surface area contributed by atoms with Gasteiger partial charge in [-0.1, -0.05) is 0 Å². The highest BCUT2D eigenvalue weighted by atomic mass is 19.1. The van der Waals surface area contributed by atoms with Crippen molar-refractivity contribution in [1.29, 1.82) is 0 Å². The van der Waals surface area contributed by atoms with Gasteiger partial charge < -0.3 is 15.7 Å². The van der Waals surface area contributed by atoms with Crippen LogP contribution in [0.2, 0.25) is 0 Å². The molecule has 2 aliphatic rings. The molecule has 3 rings (SSSR count). The van der Waals surface area contributed by atoms with Gasteiger partial charge >= 0.3 is 0 Å². The highest BCUT2D eigenvalue weighted by molar-refractivity contribution is 6.17. The number of aliphatic hydroxyl groups is 1. The summed E-state index contributed by atoms with van der Waals surface area (Å²) in [6.07, 6.45) is 1.15. The fourth-order valence-corrected chi connectivity index (χ4v) is 2.40. The van der Waals surface area contributed by atoms with Crippen molar-refractivity contribution in [1.82, 2.24) is 4.90 Å². The number of amides is 3. The minimum Gasteiger partial charge on any atom is -0.395 e. The maximum Gasteiger partial charge on any atom is 0.277 e. The zero-order valence-electron chi connectivity index (χ0n) is 11.4. The third-order valence-electron chi connectivity index (χ3n) is 3.42. The van der Waals surface area contributed by atoms with Gasteiger partial charge in [-0.25, -0.2) is 4.39 Å². The minimum atomic E-state index is -0.636. The summed E-state index contributed by atoms with van der Waals surface area (Å²) in [4.78, 5) is 35.7. The van der Waals surface area contributed by atoms with Crippen molar-refractivity contribution >= 4 is 29.1 Å². The van der Waals surface area contributed by atoms with E-state index in [1.54, 1.807) is 0 Å². The zero-order chi connectivity index (χ0) is 15.9. The first kappa shape index (κ1) is 14.2. The molecule has 114 valence electrons. The lowest BCUT2D eigenvalue weighted by molar-refractivity contribution is -0.137. The second kappa shape index (κ2) is 5.23. The molecule has 0 radical (unpaired) electrons. The second-order valence-electron chi connectivity index (χ2n) is 4.92. The van der Waals surface area contributed by atoms with Gasteiger partial charge in [0.25, 0.3) is 11.8 Å². The van der Waals surface area contributed by atoms with Gasteiger partial charge in [0.1, 0.15) is 11.5 Å². The predicted molar refractivity (Wildman–Crippen MR) is 74.2 cm³/mol. The van der Waals surface area contributed by atoms with Gasteiger partial charge in [-0.3, -0.25) is 19.3 Å². The molecule has 8 heteroatoms. The molecule has 1 aromatic rings. The molecule has 3 N–H and O–H groups in total. The summed E-state index contributed by atoms with van der Waals surface area (Å²) in [6.45, 7) is -0.472. The van der Waals surface area contributed by atoms with E-state index in [4.69, 9.17) is 5.11 Å². The molecule has 0 saturated heterocycles. The van der Waals surface area contributed by atoms with Crippen molar-refractivity contribution in [2.24, 2.45) is 0 Å². The smallest absolute Gasteiger partial charge is 0.277 e. The van der Waals surface area contributed by atoms with Gasteiger partial charge in [0.2, 0.25) is 5.91 Å². The number of anilines is 2. The van der Waals surface area contributed by atoms with Crippen molar-refractivity contribution < 1.29 is 23.9 Å². The van der Waals surface area contributed by atoms with Crippen LogP contribution in [-0.4, -0.2) is 40.9 Å². The average Bonchev–Trinajstić information content (AvgIpc) is 2.93. The summed E-state index contributed by atoms with van der Waals surface area (Å²) in [7, 11) is 0. The summed E-state index contributed by atoms with van der Waals surface area (Å²) in [5.41, 5.74) is 0.914. The molecule has 3 amide bonds. The van der Waals surface area contributed by atoms with Crippen molar-refractivity contribution in [3.05, 3.63) is 35.3 Å². The standard InChI is InChI=1S/C14H12FN3O4/c15-8-3-7-4-12(20)17-9(7)5-10(8)16-11-6-13(21)18(1-2-19)14(11)22/h3,5-6,16,19H,1-2,4H2,(H,17,20). The van der Waals surface area contributed by atoms with Crippen LogP contribution in [0.3, 0.4) is 0 Å². The van der Waals surface area contributed by atoms with Gasteiger partial charge in [0.05, 0.1) is 25.3 Å². The summed E-state index contributed by atoms with van der Waals surface area (Å²) in [5, 5.41) is 14.0. The largest absolute Gasteiger partial charge is 0.395 e. The lowest BCUT2D eigenvalue weighted by Gasteiger charge is -2.14. The molecule has 0 aliphatic carbocycles. The highest BCUT2D eigenvalue weighted by Crippen LogP contribution is 2.30. The number of hydrogen-bond acceptors (Lipinski definition) is 5. The molecule has 0 unspecified atom stereocenters. The van der Waals surface area contributed by atoms with Crippen LogP contribution in [-0.2, 0) is 20.8 Å². The van der Waals surface area contributed by atoms with E-state index in [0.29, 0.717) is 11.3 Å². The molecule has 0 saturated carbocycles. The normalized spacial score (nSPS) is 16.7. The number of halogens is 1. The van der Waals surface area contributed by atoms with E-state index < -0.39 is 17.6 Å². The quantitative estimate of drug-likeness (QED) is 0.679. The predicted octanol–water partition coefficient (Wildman–Crippen LogP) is -0.0228. The number of carbonyl (C=O) groups is 3. The van der Waals surface area contributed by atoms with Crippen LogP contribution in [0.4, 0.5) is 15.8 Å². The van der Waals surface area contributed by atoms with Gasteiger partial charge in [-0.15, -0.1) is 0 Å². The van der Waals surface area contributed by atoms with Crippen LogP contribution in [0.1, 0.15) is 5.56 Å². The molecule has 0 aromatic heterocycles. The van der Waals surface area contributed by atoms with E-state index in [2.05, 4.69) is 10.6 Å². The number of fused-ring (bicyclic) bond motifs is 1. The van der Waals surface area contributed by atoms with Crippen LogP contribution >= 0.6 is 0 Å². The monoisotopic (exact) mass is 305 g/mol. The number of aliphatic hydroxyl groups excluding tert-OH is 1. The average molecular weight is 305 g/mol. The summed E-state index contributed by atoms with van der Waals surface area (Å²) in [6, 6.07) is 2.59. The van der Waals surface area contributed by atoms with E-state index in [0.717, 1.165) is 11.0 Å². The Kier molecular flexibility index (Phi) is 3.38. The molecule has 0 spiro atoms. The van der Waals surface area contributed by atoms with E-state index >= 15 is 0 Å². The number of imide groups is 1. The van der Waals surface area contributed by atoms with Gasteiger partial charge in [0.15, 0.2) is 0 Å². The molecular formula is C14H12FN3O4. The van der Waals surface area contributed by atoms with Gasteiger partial charge in [0, 0.05) is 11.8 Å². The van der Waals surface area contributed by atoms with Crippen molar-refractivity contribution in [2.45, 2.75) is 6.42 Å². The lowest BCUT2D eigenvalue weighted by atomic mass is 10.1. The third-order valence-corrected chi connectivity index (χ3v) is 3.42. The van der Waals surface area contributed by atoms with E-state index in [9.17, 15) is 18.8 Å². The molecular weight excluding hydrogens is 293 g/mol. The van der Waals surface area contributed by atoms with E-state index in [1.165, 1.54) is 12.1 Å². The van der Waals surface area contributed by atoms with Crippen LogP contribution in [0.5, 0.6) is 0 Å². The summed E-state index contributed by atoms with van der Waals surface area (Å²) >= 11 is 0. The van der Waals surface area contributed by atoms with Crippen molar-refractivity contribution in [3.63, 3.8) is 0 Å². The Hall–Kier alpha value is -2.74. The first-order valence-corrected chi connectivity index (χ1v) is 6.57. The number of benzene rings is 1. The number of rotatable bonds is 4. The van der Waals surface area contributed by atoms with Crippen molar-refractivity contribution in [2.75, 3.05) is 23.8 Å². The van der Waals surface area contributed by atoms with Crippen LogP contribution in [0, 0.1) is 5.82 Å². The first-order chi connectivity index (χ1) is 10.5. The Morgan fingerprint density at radius 3 is 2.82 bits per heavy atom. The van der Waals surface area contributed by atoms with Crippen LogP contribution in [0.15, 0.2) is 23.9 Å². The molecule has 1 aromatic carbocycles. The van der Waals surface area contributed by atoms with Gasteiger partial charge in [-0.2, -0.15) is 0 Å². The fraction of sp³-hybridized carbons (Fsp3) is 0.214. The number of hydrogen-bond donors (Lipinski definition) is 3. The third kappa shape index (κ3) is 2.33. The molecule has 2 heterocycles. The highest BCUT2D eigenvalue weighted by Gasteiger charge is 2.31. The first-order valence-electron chi connectivity index (χ1n) is 6.57. The SMILES string of the molecule is O=C1Cc2cc(F)c(NC3=CC(=O)N(CCO)C3=O)cc2N1. The Labute approximate surface area is 124 Å². The summed E-state index contributed by atoms with van der Waals surface area (Å²) in [5.74, 6) is -2.07. The summed E-state index contributed by atoms with van der Waals surface area (Å²) < 4.78 is 14.0. The number of nitrogens with one attached hydrogen (secondary N) is 2. The van der Waals surface area contributed by atoms with Crippen LogP contribution in [0.25, 0.3) is 0 Å². The Morgan fingerprint density at radius 2 is 2.09 bits per heavy atom. The molecule has 0 atom stereocenters.